The van der Waals surface area contributed by atoms with Crippen LogP contribution < -0.4 is 16.2 Å². The summed E-state index contributed by atoms with van der Waals surface area (Å²) in [5.74, 6) is 0.741. The van der Waals surface area contributed by atoms with E-state index in [9.17, 15) is 9.59 Å². The predicted molar refractivity (Wildman–Crippen MR) is 118 cm³/mol. The van der Waals surface area contributed by atoms with Crippen LogP contribution in [0, 0.1) is 6.92 Å². The summed E-state index contributed by atoms with van der Waals surface area (Å²) in [5, 5.41) is 6.92. The topological polar surface area (TPSA) is 76.0 Å². The number of benzene rings is 1. The lowest BCUT2D eigenvalue weighted by atomic mass is 10.2. The van der Waals surface area contributed by atoms with Crippen molar-refractivity contribution < 1.29 is 4.79 Å². The van der Waals surface area contributed by atoms with E-state index in [0.717, 1.165) is 62.3 Å². The molecule has 0 saturated carbocycles. The minimum absolute atomic E-state index is 0.00626. The number of rotatable bonds is 6. The first kappa shape index (κ1) is 19.6. The van der Waals surface area contributed by atoms with E-state index in [1.54, 1.807) is 0 Å². The van der Waals surface area contributed by atoms with Crippen molar-refractivity contribution in [1.82, 2.24) is 14.9 Å². The normalized spacial score (nSPS) is 13.7. The van der Waals surface area contributed by atoms with Gasteiger partial charge in [-0.2, -0.15) is 0 Å². The molecule has 7 heteroatoms. The van der Waals surface area contributed by atoms with Crippen molar-refractivity contribution in [2.45, 2.75) is 45.6 Å². The summed E-state index contributed by atoms with van der Waals surface area (Å²) in [6, 6.07) is 10.0. The number of aromatic nitrogens is 2. The molecule has 0 atom stereocenters. The number of amides is 1. The number of anilines is 1. The molecule has 0 bridgehead atoms. The van der Waals surface area contributed by atoms with Crippen LogP contribution in [0.2, 0.25) is 0 Å². The Kier molecular flexibility index (Phi) is 5.94. The van der Waals surface area contributed by atoms with Crippen molar-refractivity contribution in [3.05, 3.63) is 57.0 Å². The van der Waals surface area contributed by atoms with Gasteiger partial charge in [0.05, 0.1) is 10.3 Å². The van der Waals surface area contributed by atoms with E-state index in [0.29, 0.717) is 21.6 Å². The van der Waals surface area contributed by atoms with Crippen molar-refractivity contribution >= 4 is 33.1 Å². The third-order valence-corrected chi connectivity index (χ3v) is 6.54. The zero-order valence-corrected chi connectivity index (χ0v) is 17.5. The maximum atomic E-state index is 13.0. The van der Waals surface area contributed by atoms with Gasteiger partial charge in [-0.25, -0.2) is 4.98 Å². The molecule has 0 saturated heterocycles. The Morgan fingerprint density at radius 1 is 1.17 bits per heavy atom. The molecule has 3 heterocycles. The molecule has 1 aliphatic rings. The molecule has 2 N–H and O–H groups in total. The summed E-state index contributed by atoms with van der Waals surface area (Å²) in [7, 11) is 0. The van der Waals surface area contributed by atoms with Gasteiger partial charge in [-0.1, -0.05) is 24.6 Å². The molecule has 0 spiro atoms. The standard InChI is InChI=1S/C22H26N4O2S/c1-15-18-21(25-17-11-6-3-7-14-26(17)22(18)28)29-19(15)20(27)24-13-8-12-23-16-9-4-2-5-10-16/h2,4-5,9-10,23H,3,6-8,11-14H2,1H3,(H,24,27). The Bertz CT molecular complexity index is 1070. The van der Waals surface area contributed by atoms with Crippen LogP contribution in [0.4, 0.5) is 5.69 Å². The van der Waals surface area contributed by atoms with Gasteiger partial charge in [-0.05, 0) is 43.9 Å². The molecule has 0 unspecified atom stereocenters. The third kappa shape index (κ3) is 4.19. The van der Waals surface area contributed by atoms with Crippen LogP contribution in [0.25, 0.3) is 10.2 Å². The Hall–Kier alpha value is -2.67. The molecule has 152 valence electrons. The van der Waals surface area contributed by atoms with Gasteiger partial charge in [0.25, 0.3) is 11.5 Å². The number of carbonyl (C=O) groups excluding carboxylic acids is 1. The van der Waals surface area contributed by atoms with Crippen LogP contribution in [0.15, 0.2) is 35.1 Å². The summed E-state index contributed by atoms with van der Waals surface area (Å²) < 4.78 is 1.81. The van der Waals surface area contributed by atoms with Crippen LogP contribution in [0.1, 0.15) is 46.7 Å². The van der Waals surface area contributed by atoms with Gasteiger partial charge in [-0.3, -0.25) is 14.2 Å². The summed E-state index contributed by atoms with van der Waals surface area (Å²) >= 11 is 1.33. The van der Waals surface area contributed by atoms with Gasteiger partial charge in [-0.15, -0.1) is 11.3 Å². The number of thiophene rings is 1. The highest BCUT2D eigenvalue weighted by molar-refractivity contribution is 7.20. The van der Waals surface area contributed by atoms with Gasteiger partial charge in [0.1, 0.15) is 10.7 Å². The van der Waals surface area contributed by atoms with E-state index in [2.05, 4.69) is 10.6 Å². The average molecular weight is 411 g/mol. The summed E-state index contributed by atoms with van der Waals surface area (Å²) in [5.41, 5.74) is 1.83. The van der Waals surface area contributed by atoms with E-state index in [1.165, 1.54) is 11.3 Å². The quantitative estimate of drug-likeness (QED) is 0.607. The molecule has 0 aliphatic carbocycles. The number of hydrogen-bond acceptors (Lipinski definition) is 5. The van der Waals surface area contributed by atoms with Gasteiger partial charge >= 0.3 is 0 Å². The van der Waals surface area contributed by atoms with E-state index >= 15 is 0 Å². The van der Waals surface area contributed by atoms with Gasteiger partial charge in [0.15, 0.2) is 0 Å². The van der Waals surface area contributed by atoms with Crippen molar-refractivity contribution in [2.75, 3.05) is 18.4 Å². The largest absolute Gasteiger partial charge is 0.385 e. The van der Waals surface area contributed by atoms with Gasteiger partial charge in [0, 0.05) is 31.7 Å². The fourth-order valence-corrected chi connectivity index (χ4v) is 4.89. The van der Waals surface area contributed by atoms with Crippen molar-refractivity contribution in [3.63, 3.8) is 0 Å². The molecule has 6 nitrogen and oxygen atoms in total. The molecule has 2 aromatic heterocycles. The zero-order valence-electron chi connectivity index (χ0n) is 16.7. The van der Waals surface area contributed by atoms with E-state index in [1.807, 2.05) is 41.8 Å². The highest BCUT2D eigenvalue weighted by atomic mass is 32.1. The van der Waals surface area contributed by atoms with E-state index in [-0.39, 0.29) is 11.5 Å². The monoisotopic (exact) mass is 410 g/mol. The van der Waals surface area contributed by atoms with E-state index in [4.69, 9.17) is 4.98 Å². The Labute approximate surface area is 174 Å². The number of aryl methyl sites for hydroxylation is 2. The minimum Gasteiger partial charge on any atom is -0.385 e. The lowest BCUT2D eigenvalue weighted by molar-refractivity contribution is 0.0957. The van der Waals surface area contributed by atoms with E-state index < -0.39 is 0 Å². The molecule has 1 aliphatic heterocycles. The molecule has 1 aromatic carbocycles. The summed E-state index contributed by atoms with van der Waals surface area (Å²) in [6.45, 7) is 3.94. The minimum atomic E-state index is -0.121. The number of hydrogen-bond donors (Lipinski definition) is 2. The molecular formula is C22H26N4O2S. The number of carbonyl (C=O) groups is 1. The second-order valence-electron chi connectivity index (χ2n) is 7.43. The SMILES string of the molecule is Cc1c(C(=O)NCCCNc2ccccc2)sc2nc3n(c(=O)c12)CCCCC3. The third-order valence-electron chi connectivity index (χ3n) is 5.36. The van der Waals surface area contributed by atoms with Crippen molar-refractivity contribution in [3.8, 4) is 0 Å². The molecule has 29 heavy (non-hydrogen) atoms. The smallest absolute Gasteiger partial charge is 0.262 e. The molecular weight excluding hydrogens is 384 g/mol. The first-order valence-electron chi connectivity index (χ1n) is 10.2. The van der Waals surface area contributed by atoms with Gasteiger partial charge < -0.3 is 10.6 Å². The number of para-hydroxylation sites is 1. The fraction of sp³-hybridized carbons (Fsp3) is 0.409. The molecule has 4 rings (SSSR count). The van der Waals surface area contributed by atoms with Crippen LogP contribution in [0.5, 0.6) is 0 Å². The van der Waals surface area contributed by atoms with Crippen LogP contribution in [-0.4, -0.2) is 28.5 Å². The molecule has 0 fully saturated rings. The predicted octanol–water partition coefficient (Wildman–Crippen LogP) is 3.72. The van der Waals surface area contributed by atoms with Crippen molar-refractivity contribution in [2.24, 2.45) is 0 Å². The van der Waals surface area contributed by atoms with Crippen LogP contribution in [-0.2, 0) is 13.0 Å². The first-order valence-corrected chi connectivity index (χ1v) is 11.1. The maximum Gasteiger partial charge on any atom is 0.262 e. The number of nitrogens with one attached hydrogen (secondary N) is 2. The molecule has 1 amide bonds. The number of nitrogens with zero attached hydrogens (tertiary/aromatic N) is 2. The average Bonchev–Trinajstić information content (AvgIpc) is 2.89. The van der Waals surface area contributed by atoms with Crippen LogP contribution >= 0.6 is 11.3 Å². The second-order valence-corrected chi connectivity index (χ2v) is 8.43. The Morgan fingerprint density at radius 2 is 2.00 bits per heavy atom. The Balaban J connectivity index is 1.43. The number of fused-ring (bicyclic) bond motifs is 2. The fourth-order valence-electron chi connectivity index (χ4n) is 3.79. The molecule has 3 aromatic rings. The van der Waals surface area contributed by atoms with Crippen molar-refractivity contribution in [1.29, 1.82) is 0 Å². The zero-order chi connectivity index (χ0) is 20.2. The summed E-state index contributed by atoms with van der Waals surface area (Å²) in [4.78, 5) is 31.7. The first-order chi connectivity index (χ1) is 14.1. The second kappa shape index (κ2) is 8.78. The Morgan fingerprint density at radius 3 is 2.83 bits per heavy atom. The van der Waals surface area contributed by atoms with Crippen LogP contribution in [0.3, 0.4) is 0 Å². The highest BCUT2D eigenvalue weighted by Gasteiger charge is 2.21. The van der Waals surface area contributed by atoms with Gasteiger partial charge in [0.2, 0.25) is 0 Å². The highest BCUT2D eigenvalue weighted by Crippen LogP contribution is 2.28. The summed E-state index contributed by atoms with van der Waals surface area (Å²) in [6.07, 6.45) is 4.85. The lowest BCUT2D eigenvalue weighted by Crippen LogP contribution is -2.26. The maximum absolute atomic E-state index is 13.0. The lowest BCUT2D eigenvalue weighted by Gasteiger charge is -2.08. The molecule has 0 radical (unpaired) electrons.